The zero-order valence-electron chi connectivity index (χ0n) is 7.79. The molecule has 1 atom stereocenters. The molecule has 14 heavy (non-hydrogen) atoms. The third-order valence-electron chi connectivity index (χ3n) is 2.03. The van der Waals surface area contributed by atoms with Crippen LogP contribution in [0, 0.1) is 0 Å². The van der Waals surface area contributed by atoms with E-state index < -0.39 is 6.10 Å². The molecule has 2 rings (SSSR count). The fourth-order valence-electron chi connectivity index (χ4n) is 1.32. The fourth-order valence-corrected chi connectivity index (χ4v) is 1.96. The van der Waals surface area contributed by atoms with Crippen molar-refractivity contribution in [1.29, 1.82) is 0 Å². The maximum atomic E-state index is 9.86. The highest BCUT2D eigenvalue weighted by Gasteiger charge is 2.13. The monoisotopic (exact) mass is 209 g/mol. The van der Waals surface area contributed by atoms with Crippen molar-refractivity contribution in [3.63, 3.8) is 0 Å². The van der Waals surface area contributed by atoms with Crippen LogP contribution in [0.1, 0.15) is 16.8 Å². The molecule has 5 heteroatoms. The summed E-state index contributed by atoms with van der Waals surface area (Å²) in [4.78, 5) is 9.12. The number of imidazole rings is 1. The van der Waals surface area contributed by atoms with Crippen LogP contribution in [0.25, 0.3) is 0 Å². The smallest absolute Gasteiger partial charge is 0.137 e. The van der Waals surface area contributed by atoms with Gasteiger partial charge < -0.3 is 9.67 Å². The Morgan fingerprint density at radius 2 is 2.50 bits per heavy atom. The van der Waals surface area contributed by atoms with Gasteiger partial charge in [0.2, 0.25) is 0 Å². The molecule has 0 spiro atoms. The van der Waals surface area contributed by atoms with E-state index in [1.807, 2.05) is 17.8 Å². The van der Waals surface area contributed by atoms with E-state index in [9.17, 15) is 5.11 Å². The first kappa shape index (κ1) is 9.36. The summed E-state index contributed by atoms with van der Waals surface area (Å²) < 4.78 is 1.83. The lowest BCUT2D eigenvalue weighted by atomic mass is 10.2. The van der Waals surface area contributed by atoms with Gasteiger partial charge in [0.15, 0.2) is 0 Å². The standard InChI is InChI=1S/C9H11N3OS/c1-12-3-2-11-9(12)8(13)4-7-5-10-6-14-7/h2-3,5-6,8,13H,4H2,1H3. The normalized spacial score (nSPS) is 13.0. The van der Waals surface area contributed by atoms with Crippen LogP contribution in [0.15, 0.2) is 24.1 Å². The van der Waals surface area contributed by atoms with Crippen molar-refractivity contribution in [3.05, 3.63) is 34.8 Å². The predicted octanol–water partition coefficient (Wildman–Crippen LogP) is 1.15. The summed E-state index contributed by atoms with van der Waals surface area (Å²) in [5.41, 5.74) is 1.76. The number of thiazole rings is 1. The first-order chi connectivity index (χ1) is 6.77. The molecule has 0 aliphatic rings. The summed E-state index contributed by atoms with van der Waals surface area (Å²) in [6, 6.07) is 0. The van der Waals surface area contributed by atoms with Gasteiger partial charge in [0, 0.05) is 36.9 Å². The Hall–Kier alpha value is -1.20. The van der Waals surface area contributed by atoms with Gasteiger partial charge in [-0.05, 0) is 0 Å². The number of aliphatic hydroxyl groups is 1. The number of hydrogen-bond acceptors (Lipinski definition) is 4. The van der Waals surface area contributed by atoms with Crippen LogP contribution in [0.2, 0.25) is 0 Å². The summed E-state index contributed by atoms with van der Waals surface area (Å²) in [6.45, 7) is 0. The van der Waals surface area contributed by atoms with Crippen LogP contribution in [-0.2, 0) is 13.5 Å². The van der Waals surface area contributed by atoms with Gasteiger partial charge in [-0.1, -0.05) is 0 Å². The second kappa shape index (κ2) is 3.89. The molecule has 0 aliphatic carbocycles. The van der Waals surface area contributed by atoms with Gasteiger partial charge in [-0.25, -0.2) is 4.98 Å². The Balaban J connectivity index is 2.10. The Bertz CT molecular complexity index is 396. The second-order valence-electron chi connectivity index (χ2n) is 3.08. The van der Waals surface area contributed by atoms with E-state index in [1.165, 1.54) is 0 Å². The molecular weight excluding hydrogens is 198 g/mol. The van der Waals surface area contributed by atoms with Crippen molar-refractivity contribution in [2.45, 2.75) is 12.5 Å². The predicted molar refractivity (Wildman–Crippen MR) is 54.0 cm³/mol. The van der Waals surface area contributed by atoms with Crippen LogP contribution in [0.4, 0.5) is 0 Å². The number of rotatable bonds is 3. The number of nitrogens with zero attached hydrogens (tertiary/aromatic N) is 3. The van der Waals surface area contributed by atoms with Gasteiger partial charge >= 0.3 is 0 Å². The van der Waals surface area contributed by atoms with E-state index in [4.69, 9.17) is 0 Å². The van der Waals surface area contributed by atoms with Crippen LogP contribution < -0.4 is 0 Å². The average Bonchev–Trinajstić information content (AvgIpc) is 2.75. The van der Waals surface area contributed by atoms with E-state index in [-0.39, 0.29) is 0 Å². The lowest BCUT2D eigenvalue weighted by molar-refractivity contribution is 0.166. The molecule has 74 valence electrons. The summed E-state index contributed by atoms with van der Waals surface area (Å²) in [5, 5.41) is 9.86. The molecule has 0 fully saturated rings. The molecule has 2 aromatic heterocycles. The summed E-state index contributed by atoms with van der Waals surface area (Å²) in [7, 11) is 1.87. The Labute approximate surface area is 85.9 Å². The molecular formula is C9H11N3OS. The zero-order chi connectivity index (χ0) is 9.97. The lowest BCUT2D eigenvalue weighted by Gasteiger charge is -2.08. The number of aromatic nitrogens is 3. The van der Waals surface area contributed by atoms with Gasteiger partial charge in [-0.2, -0.15) is 0 Å². The van der Waals surface area contributed by atoms with Crippen molar-refractivity contribution >= 4 is 11.3 Å². The van der Waals surface area contributed by atoms with Gasteiger partial charge in [0.1, 0.15) is 11.9 Å². The van der Waals surface area contributed by atoms with E-state index in [1.54, 1.807) is 29.2 Å². The topological polar surface area (TPSA) is 50.9 Å². The molecule has 0 saturated heterocycles. The fraction of sp³-hybridized carbons (Fsp3) is 0.333. The van der Waals surface area contributed by atoms with Crippen LogP contribution >= 0.6 is 11.3 Å². The van der Waals surface area contributed by atoms with Crippen molar-refractivity contribution in [1.82, 2.24) is 14.5 Å². The minimum Gasteiger partial charge on any atom is -0.385 e. The molecule has 4 nitrogen and oxygen atoms in total. The second-order valence-corrected chi connectivity index (χ2v) is 4.05. The van der Waals surface area contributed by atoms with Gasteiger partial charge in [0.25, 0.3) is 0 Å². The van der Waals surface area contributed by atoms with Crippen LogP contribution in [0.3, 0.4) is 0 Å². The first-order valence-corrected chi connectivity index (χ1v) is 5.18. The zero-order valence-corrected chi connectivity index (χ0v) is 8.61. The van der Waals surface area contributed by atoms with Crippen molar-refractivity contribution in [2.75, 3.05) is 0 Å². The Kier molecular flexibility index (Phi) is 2.60. The molecule has 2 aromatic rings. The third-order valence-corrected chi connectivity index (χ3v) is 2.84. The quantitative estimate of drug-likeness (QED) is 0.825. The Morgan fingerprint density at radius 3 is 3.07 bits per heavy atom. The summed E-state index contributed by atoms with van der Waals surface area (Å²) in [5.74, 6) is 0.693. The highest BCUT2D eigenvalue weighted by molar-refractivity contribution is 7.09. The summed E-state index contributed by atoms with van der Waals surface area (Å²) >= 11 is 1.55. The molecule has 0 bridgehead atoms. The largest absolute Gasteiger partial charge is 0.385 e. The minimum absolute atomic E-state index is 0.546. The molecule has 1 unspecified atom stereocenters. The van der Waals surface area contributed by atoms with Crippen molar-refractivity contribution < 1.29 is 5.11 Å². The maximum Gasteiger partial charge on any atom is 0.137 e. The molecule has 2 heterocycles. The van der Waals surface area contributed by atoms with Crippen molar-refractivity contribution in [3.8, 4) is 0 Å². The van der Waals surface area contributed by atoms with Gasteiger partial charge in [0.05, 0.1) is 5.51 Å². The lowest BCUT2D eigenvalue weighted by Crippen LogP contribution is -2.07. The van der Waals surface area contributed by atoms with Crippen LogP contribution in [0.5, 0.6) is 0 Å². The third kappa shape index (κ3) is 1.83. The average molecular weight is 209 g/mol. The van der Waals surface area contributed by atoms with E-state index in [2.05, 4.69) is 9.97 Å². The minimum atomic E-state index is -0.546. The van der Waals surface area contributed by atoms with Gasteiger partial charge in [-0.3, -0.25) is 4.98 Å². The molecule has 0 aliphatic heterocycles. The molecule has 0 saturated carbocycles. The van der Waals surface area contributed by atoms with E-state index in [0.29, 0.717) is 12.2 Å². The summed E-state index contributed by atoms with van der Waals surface area (Å²) in [6.07, 6.45) is 5.32. The van der Waals surface area contributed by atoms with Crippen LogP contribution in [-0.4, -0.2) is 19.6 Å². The highest BCUT2D eigenvalue weighted by Crippen LogP contribution is 2.18. The molecule has 0 amide bonds. The van der Waals surface area contributed by atoms with Crippen molar-refractivity contribution in [2.24, 2.45) is 7.05 Å². The molecule has 1 N–H and O–H groups in total. The van der Waals surface area contributed by atoms with E-state index in [0.717, 1.165) is 4.88 Å². The molecule has 0 radical (unpaired) electrons. The maximum absolute atomic E-state index is 9.86. The SMILES string of the molecule is Cn1ccnc1C(O)Cc1cncs1. The highest BCUT2D eigenvalue weighted by atomic mass is 32.1. The van der Waals surface area contributed by atoms with Gasteiger partial charge in [-0.15, -0.1) is 11.3 Å². The number of aliphatic hydroxyl groups excluding tert-OH is 1. The first-order valence-electron chi connectivity index (χ1n) is 4.30. The number of aryl methyl sites for hydroxylation is 1. The van der Waals surface area contributed by atoms with E-state index >= 15 is 0 Å². The molecule has 0 aromatic carbocycles. The Morgan fingerprint density at radius 1 is 1.64 bits per heavy atom. The number of hydrogen-bond donors (Lipinski definition) is 1.